The Balaban J connectivity index is 2.61. The molecular weight excluding hydrogens is 180 g/mol. The second-order valence-corrected chi connectivity index (χ2v) is 2.80. The highest BCUT2D eigenvalue weighted by molar-refractivity contribution is 4.98. The van der Waals surface area contributed by atoms with E-state index in [2.05, 4.69) is 0 Å². The van der Waals surface area contributed by atoms with Crippen molar-refractivity contribution in [2.75, 3.05) is 0 Å². The van der Waals surface area contributed by atoms with Crippen LogP contribution in [0.5, 0.6) is 0 Å². The Bertz CT molecular complexity index is 534. The number of rotatable bonds is 1. The van der Waals surface area contributed by atoms with Crippen molar-refractivity contribution in [1.29, 1.82) is 0 Å². The highest BCUT2D eigenvalue weighted by Crippen LogP contribution is 1.85. The summed E-state index contributed by atoms with van der Waals surface area (Å²) in [5, 5.41) is 0. The van der Waals surface area contributed by atoms with Crippen molar-refractivity contribution >= 4 is 0 Å². The molecular formula is C10H8N2O2. The number of hydrogen-bond donors (Lipinski definition) is 0. The Labute approximate surface area is 79.6 Å². The molecule has 2 aromatic rings. The zero-order valence-electron chi connectivity index (χ0n) is 7.33. The first-order valence-corrected chi connectivity index (χ1v) is 4.14. The van der Waals surface area contributed by atoms with Gasteiger partial charge in [-0.15, -0.1) is 0 Å². The van der Waals surface area contributed by atoms with Gasteiger partial charge in [0.05, 0.1) is 0 Å². The molecule has 4 nitrogen and oxygen atoms in total. The molecule has 2 aromatic heterocycles. The van der Waals surface area contributed by atoms with Gasteiger partial charge in [-0.1, -0.05) is 6.07 Å². The molecule has 0 aliphatic carbocycles. The van der Waals surface area contributed by atoms with Crippen LogP contribution in [0.3, 0.4) is 0 Å². The molecule has 0 bridgehead atoms. The van der Waals surface area contributed by atoms with Crippen LogP contribution in [0, 0.1) is 0 Å². The van der Waals surface area contributed by atoms with Gasteiger partial charge >= 0.3 is 0 Å². The maximum atomic E-state index is 11.4. The molecule has 0 radical (unpaired) electrons. The number of aromatic nitrogens is 2. The van der Waals surface area contributed by atoms with Crippen molar-refractivity contribution in [1.82, 2.24) is 9.35 Å². The molecule has 14 heavy (non-hydrogen) atoms. The molecule has 0 saturated carbocycles. The zero-order valence-corrected chi connectivity index (χ0v) is 7.33. The van der Waals surface area contributed by atoms with Crippen LogP contribution >= 0.6 is 0 Å². The van der Waals surface area contributed by atoms with Gasteiger partial charge in [-0.25, -0.2) is 4.68 Å². The largest absolute Gasteiger partial charge is 0.290 e. The van der Waals surface area contributed by atoms with E-state index in [4.69, 9.17) is 0 Å². The van der Waals surface area contributed by atoms with Gasteiger partial charge in [0.1, 0.15) is 0 Å². The summed E-state index contributed by atoms with van der Waals surface area (Å²) in [6, 6.07) is 7.68. The van der Waals surface area contributed by atoms with Gasteiger partial charge in [-0.05, 0) is 6.07 Å². The fourth-order valence-electron chi connectivity index (χ4n) is 1.16. The maximum Gasteiger partial charge on any atom is 0.269 e. The summed E-state index contributed by atoms with van der Waals surface area (Å²) >= 11 is 0. The van der Waals surface area contributed by atoms with E-state index < -0.39 is 0 Å². The second-order valence-electron chi connectivity index (χ2n) is 2.80. The van der Waals surface area contributed by atoms with Crippen molar-refractivity contribution in [2.24, 2.45) is 0 Å². The summed E-state index contributed by atoms with van der Waals surface area (Å²) in [5.74, 6) is 0. The Kier molecular flexibility index (Phi) is 2.02. The first-order valence-electron chi connectivity index (χ1n) is 4.14. The van der Waals surface area contributed by atoms with E-state index in [-0.39, 0.29) is 11.0 Å². The molecule has 0 atom stereocenters. The SMILES string of the molecule is O=c1ccn(-n2ccccc2=O)cc1. The van der Waals surface area contributed by atoms with Gasteiger partial charge < -0.3 is 0 Å². The van der Waals surface area contributed by atoms with Crippen LogP contribution in [0.2, 0.25) is 0 Å². The summed E-state index contributed by atoms with van der Waals surface area (Å²) in [5.41, 5.74) is -0.221. The Morgan fingerprint density at radius 1 is 0.857 bits per heavy atom. The topological polar surface area (TPSA) is 44.0 Å². The summed E-state index contributed by atoms with van der Waals surface area (Å²) in [7, 11) is 0. The number of hydrogen-bond acceptors (Lipinski definition) is 2. The van der Waals surface area contributed by atoms with Crippen molar-refractivity contribution in [3.63, 3.8) is 0 Å². The molecule has 70 valence electrons. The van der Waals surface area contributed by atoms with Crippen LogP contribution in [-0.2, 0) is 0 Å². The van der Waals surface area contributed by atoms with E-state index in [1.165, 1.54) is 22.9 Å². The Morgan fingerprint density at radius 3 is 2.21 bits per heavy atom. The monoisotopic (exact) mass is 188 g/mol. The van der Waals surface area contributed by atoms with E-state index >= 15 is 0 Å². The van der Waals surface area contributed by atoms with Crippen molar-refractivity contribution in [3.05, 3.63) is 69.5 Å². The lowest BCUT2D eigenvalue weighted by molar-refractivity contribution is 0.624. The maximum absolute atomic E-state index is 11.4. The highest BCUT2D eigenvalue weighted by atomic mass is 16.1. The van der Waals surface area contributed by atoms with Crippen LogP contribution in [0.4, 0.5) is 0 Å². The third-order valence-electron chi connectivity index (χ3n) is 1.83. The van der Waals surface area contributed by atoms with Crippen molar-refractivity contribution < 1.29 is 0 Å². The molecule has 0 aromatic carbocycles. The molecule has 2 rings (SSSR count). The lowest BCUT2D eigenvalue weighted by Gasteiger charge is -2.07. The average Bonchev–Trinajstić information content (AvgIpc) is 2.20. The molecule has 4 heteroatoms. The number of pyridine rings is 2. The summed E-state index contributed by atoms with van der Waals surface area (Å²) in [6.45, 7) is 0. The molecule has 0 spiro atoms. The molecule has 0 fully saturated rings. The van der Waals surface area contributed by atoms with Gasteiger partial charge in [0, 0.05) is 36.8 Å². The lowest BCUT2D eigenvalue weighted by Crippen LogP contribution is -2.24. The number of nitrogens with zero attached hydrogens (tertiary/aromatic N) is 2. The minimum absolute atomic E-state index is 0.0785. The predicted molar refractivity (Wildman–Crippen MR) is 52.2 cm³/mol. The summed E-state index contributed by atoms with van der Waals surface area (Å²) in [4.78, 5) is 22.2. The Morgan fingerprint density at radius 2 is 1.57 bits per heavy atom. The molecule has 0 aliphatic heterocycles. The van der Waals surface area contributed by atoms with Crippen LogP contribution < -0.4 is 11.0 Å². The highest BCUT2D eigenvalue weighted by Gasteiger charge is 1.93. The van der Waals surface area contributed by atoms with E-state index in [0.717, 1.165) is 0 Å². The van der Waals surface area contributed by atoms with Gasteiger partial charge in [0.2, 0.25) is 0 Å². The smallest absolute Gasteiger partial charge is 0.269 e. The third-order valence-corrected chi connectivity index (χ3v) is 1.83. The summed E-state index contributed by atoms with van der Waals surface area (Å²) < 4.78 is 2.95. The predicted octanol–water partition coefficient (Wildman–Crippen LogP) is 0.321. The minimum Gasteiger partial charge on any atom is -0.290 e. The van der Waals surface area contributed by atoms with Crippen LogP contribution in [0.1, 0.15) is 0 Å². The van der Waals surface area contributed by atoms with E-state index in [9.17, 15) is 9.59 Å². The molecule has 0 unspecified atom stereocenters. The second kappa shape index (κ2) is 3.33. The van der Waals surface area contributed by atoms with Gasteiger partial charge in [0.15, 0.2) is 5.43 Å². The summed E-state index contributed by atoms with van der Waals surface area (Å²) in [6.07, 6.45) is 4.72. The first kappa shape index (κ1) is 8.50. The van der Waals surface area contributed by atoms with E-state index in [1.54, 1.807) is 35.4 Å². The standard InChI is InChI=1S/C10H8N2O2/c13-9-4-7-11(8-5-9)12-6-2-1-3-10(12)14/h1-8H. The normalized spacial score (nSPS) is 10.0. The van der Waals surface area contributed by atoms with Crippen LogP contribution in [0.25, 0.3) is 0 Å². The van der Waals surface area contributed by atoms with Gasteiger partial charge in [0.25, 0.3) is 5.56 Å². The minimum atomic E-state index is -0.142. The third kappa shape index (κ3) is 1.50. The van der Waals surface area contributed by atoms with E-state index in [1.807, 2.05) is 0 Å². The van der Waals surface area contributed by atoms with Crippen molar-refractivity contribution in [3.8, 4) is 0 Å². The zero-order chi connectivity index (χ0) is 9.97. The lowest BCUT2D eigenvalue weighted by atomic mass is 10.5. The first-order chi connectivity index (χ1) is 6.77. The molecule has 0 aliphatic rings. The van der Waals surface area contributed by atoms with Crippen LogP contribution in [-0.4, -0.2) is 9.35 Å². The average molecular weight is 188 g/mol. The fourth-order valence-corrected chi connectivity index (χ4v) is 1.16. The molecule has 0 N–H and O–H groups in total. The van der Waals surface area contributed by atoms with E-state index in [0.29, 0.717) is 0 Å². The fraction of sp³-hybridized carbons (Fsp3) is 0. The quantitative estimate of drug-likeness (QED) is 0.647. The Hall–Kier alpha value is -2.10. The van der Waals surface area contributed by atoms with Gasteiger partial charge in [-0.3, -0.25) is 14.3 Å². The van der Waals surface area contributed by atoms with Gasteiger partial charge in [-0.2, -0.15) is 0 Å². The molecule has 0 amide bonds. The molecule has 2 heterocycles. The molecule has 0 saturated heterocycles. The van der Waals surface area contributed by atoms with Crippen molar-refractivity contribution in [2.45, 2.75) is 0 Å². The van der Waals surface area contributed by atoms with Crippen LogP contribution in [0.15, 0.2) is 58.5 Å².